The lowest BCUT2D eigenvalue weighted by molar-refractivity contribution is 0.104. The average molecular weight is 467 g/mol. The van der Waals surface area contributed by atoms with Crippen LogP contribution in [0.15, 0.2) is 59.5 Å². The van der Waals surface area contributed by atoms with Gasteiger partial charge in [0.2, 0.25) is 0 Å². The molecule has 0 unspecified atom stereocenters. The van der Waals surface area contributed by atoms with E-state index in [-0.39, 0.29) is 5.78 Å². The molecule has 0 N–H and O–H groups in total. The van der Waals surface area contributed by atoms with E-state index >= 15 is 0 Å². The van der Waals surface area contributed by atoms with Gasteiger partial charge >= 0.3 is 0 Å². The standard InChI is InChI=1S/C30H42O2S/c1-3-4-5-6-7-8-9-10-11-12-13-14-25-32-28-20-18-27(19-21-28)30(31)24-17-26-15-22-29(33-2)23-16-26/h15-24H,3-14,25H2,1-2H3. The Hall–Kier alpha value is -2.00. The topological polar surface area (TPSA) is 26.3 Å². The Kier molecular flexibility index (Phi) is 14.4. The summed E-state index contributed by atoms with van der Waals surface area (Å²) < 4.78 is 5.85. The fraction of sp³-hybridized carbons (Fsp3) is 0.500. The SMILES string of the molecule is CCCCCCCCCCCCCCOc1ccc(C(=O)C=Cc2ccc(SC)cc2)cc1. The molecule has 0 spiro atoms. The molecule has 2 aromatic carbocycles. The Morgan fingerprint density at radius 1 is 0.758 bits per heavy atom. The van der Waals surface area contributed by atoms with Crippen LogP contribution in [0, 0.1) is 0 Å². The number of carbonyl (C=O) groups excluding carboxylic acids is 1. The van der Waals surface area contributed by atoms with E-state index < -0.39 is 0 Å². The molecule has 33 heavy (non-hydrogen) atoms. The molecule has 0 aliphatic rings. The zero-order valence-corrected chi connectivity index (χ0v) is 21.5. The summed E-state index contributed by atoms with van der Waals surface area (Å²) in [6, 6.07) is 15.7. The van der Waals surface area contributed by atoms with E-state index in [2.05, 4.69) is 25.3 Å². The predicted octanol–water partition coefficient (Wildman–Crippen LogP) is 9.38. The summed E-state index contributed by atoms with van der Waals surface area (Å²) >= 11 is 1.71. The van der Waals surface area contributed by atoms with Crippen molar-refractivity contribution in [2.45, 2.75) is 88.9 Å². The third-order valence-corrected chi connectivity index (χ3v) is 6.69. The Balaban J connectivity index is 1.54. The van der Waals surface area contributed by atoms with Crippen molar-refractivity contribution >= 4 is 23.6 Å². The summed E-state index contributed by atoms with van der Waals surface area (Å²) in [5.74, 6) is 0.850. The number of thioether (sulfide) groups is 1. The molecule has 0 atom stereocenters. The highest BCUT2D eigenvalue weighted by Crippen LogP contribution is 2.17. The van der Waals surface area contributed by atoms with Crippen LogP contribution in [-0.4, -0.2) is 18.6 Å². The smallest absolute Gasteiger partial charge is 0.185 e. The minimum Gasteiger partial charge on any atom is -0.494 e. The number of hydrogen-bond donors (Lipinski definition) is 0. The van der Waals surface area contributed by atoms with Crippen LogP contribution in [-0.2, 0) is 0 Å². The number of rotatable bonds is 18. The first kappa shape index (κ1) is 27.2. The van der Waals surface area contributed by atoms with Gasteiger partial charge in [0, 0.05) is 10.5 Å². The fourth-order valence-corrected chi connectivity index (χ4v) is 4.24. The monoisotopic (exact) mass is 466 g/mol. The van der Waals surface area contributed by atoms with Gasteiger partial charge in [0.1, 0.15) is 5.75 Å². The summed E-state index contributed by atoms with van der Waals surface area (Å²) in [5, 5.41) is 0. The highest BCUT2D eigenvalue weighted by molar-refractivity contribution is 7.98. The molecular weight excluding hydrogens is 424 g/mol. The molecule has 0 saturated heterocycles. The average Bonchev–Trinajstić information content (AvgIpc) is 2.86. The molecule has 0 amide bonds. The van der Waals surface area contributed by atoms with Crippen LogP contribution in [0.1, 0.15) is 99.9 Å². The van der Waals surface area contributed by atoms with Gasteiger partial charge in [-0.05, 0) is 60.7 Å². The number of ketones is 1. The molecule has 3 heteroatoms. The molecule has 0 aliphatic carbocycles. The van der Waals surface area contributed by atoms with Gasteiger partial charge in [-0.15, -0.1) is 11.8 Å². The first-order valence-corrected chi connectivity index (χ1v) is 14.0. The largest absolute Gasteiger partial charge is 0.494 e. The van der Waals surface area contributed by atoms with Gasteiger partial charge in [-0.3, -0.25) is 4.79 Å². The lowest BCUT2D eigenvalue weighted by atomic mass is 10.1. The van der Waals surface area contributed by atoms with Gasteiger partial charge in [-0.2, -0.15) is 0 Å². The lowest BCUT2D eigenvalue weighted by Crippen LogP contribution is -1.99. The molecule has 180 valence electrons. The maximum Gasteiger partial charge on any atom is 0.185 e. The van der Waals surface area contributed by atoms with Crippen molar-refractivity contribution in [2.75, 3.05) is 12.9 Å². The van der Waals surface area contributed by atoms with E-state index in [1.807, 2.05) is 42.5 Å². The minimum absolute atomic E-state index is 0.0106. The molecule has 0 heterocycles. The van der Waals surface area contributed by atoms with Gasteiger partial charge in [-0.25, -0.2) is 0 Å². The summed E-state index contributed by atoms with van der Waals surface area (Å²) in [5.41, 5.74) is 1.72. The summed E-state index contributed by atoms with van der Waals surface area (Å²) in [6.45, 7) is 3.02. The van der Waals surface area contributed by atoms with Gasteiger partial charge in [0.05, 0.1) is 6.61 Å². The number of ether oxygens (including phenoxy) is 1. The van der Waals surface area contributed by atoms with Crippen molar-refractivity contribution in [1.82, 2.24) is 0 Å². The predicted molar refractivity (Wildman–Crippen MR) is 145 cm³/mol. The third-order valence-electron chi connectivity index (χ3n) is 5.95. The maximum absolute atomic E-state index is 12.4. The molecular formula is C30H42O2S. The first-order valence-electron chi connectivity index (χ1n) is 12.8. The van der Waals surface area contributed by atoms with Crippen LogP contribution in [0.5, 0.6) is 5.75 Å². The van der Waals surface area contributed by atoms with Crippen LogP contribution in [0.2, 0.25) is 0 Å². The normalized spacial score (nSPS) is 11.2. The number of hydrogen-bond acceptors (Lipinski definition) is 3. The van der Waals surface area contributed by atoms with E-state index in [1.165, 1.54) is 75.5 Å². The molecule has 0 bridgehead atoms. The number of unbranched alkanes of at least 4 members (excludes halogenated alkanes) is 11. The molecule has 0 aliphatic heterocycles. The molecule has 0 aromatic heterocycles. The quantitative estimate of drug-likeness (QED) is 0.0947. The second kappa shape index (κ2) is 17.5. The number of benzene rings is 2. The third kappa shape index (κ3) is 12.1. The van der Waals surface area contributed by atoms with Crippen molar-refractivity contribution in [3.63, 3.8) is 0 Å². The lowest BCUT2D eigenvalue weighted by Gasteiger charge is -2.07. The van der Waals surface area contributed by atoms with Gasteiger partial charge in [0.15, 0.2) is 5.78 Å². The van der Waals surface area contributed by atoms with Crippen LogP contribution < -0.4 is 4.74 Å². The Morgan fingerprint density at radius 2 is 1.30 bits per heavy atom. The summed E-state index contributed by atoms with van der Waals surface area (Å²) in [4.78, 5) is 13.6. The number of allylic oxidation sites excluding steroid dienone is 1. The van der Waals surface area contributed by atoms with Gasteiger partial charge < -0.3 is 4.74 Å². The van der Waals surface area contributed by atoms with E-state index in [4.69, 9.17) is 4.74 Å². The second-order valence-electron chi connectivity index (χ2n) is 8.73. The zero-order valence-electron chi connectivity index (χ0n) is 20.7. The Labute approximate surface area is 206 Å². The number of carbonyl (C=O) groups is 1. The van der Waals surface area contributed by atoms with Crippen LogP contribution >= 0.6 is 11.8 Å². The van der Waals surface area contributed by atoms with E-state index in [9.17, 15) is 4.79 Å². The van der Waals surface area contributed by atoms with Gasteiger partial charge in [-0.1, -0.05) is 95.8 Å². The van der Waals surface area contributed by atoms with Gasteiger partial charge in [0.25, 0.3) is 0 Å². The second-order valence-corrected chi connectivity index (χ2v) is 9.61. The van der Waals surface area contributed by atoms with Crippen LogP contribution in [0.4, 0.5) is 0 Å². The van der Waals surface area contributed by atoms with Crippen LogP contribution in [0.25, 0.3) is 6.08 Å². The highest BCUT2D eigenvalue weighted by Gasteiger charge is 2.03. The van der Waals surface area contributed by atoms with E-state index in [0.717, 1.165) is 24.3 Å². The zero-order chi connectivity index (χ0) is 23.6. The molecule has 0 saturated carbocycles. The van der Waals surface area contributed by atoms with E-state index in [1.54, 1.807) is 17.8 Å². The van der Waals surface area contributed by atoms with Crippen molar-refractivity contribution in [3.8, 4) is 5.75 Å². The first-order chi connectivity index (χ1) is 16.2. The molecule has 2 nitrogen and oxygen atoms in total. The Morgan fingerprint density at radius 3 is 1.85 bits per heavy atom. The molecule has 2 rings (SSSR count). The Bertz CT molecular complexity index is 793. The van der Waals surface area contributed by atoms with Crippen LogP contribution in [0.3, 0.4) is 0 Å². The highest BCUT2D eigenvalue weighted by atomic mass is 32.2. The van der Waals surface area contributed by atoms with Crippen molar-refractivity contribution in [1.29, 1.82) is 0 Å². The van der Waals surface area contributed by atoms with Crippen molar-refractivity contribution < 1.29 is 9.53 Å². The van der Waals surface area contributed by atoms with Crippen molar-refractivity contribution in [3.05, 3.63) is 65.7 Å². The molecule has 0 fully saturated rings. The molecule has 0 radical (unpaired) electrons. The fourth-order valence-electron chi connectivity index (χ4n) is 3.83. The summed E-state index contributed by atoms with van der Waals surface area (Å²) in [6.07, 6.45) is 21.7. The summed E-state index contributed by atoms with van der Waals surface area (Å²) in [7, 11) is 0. The van der Waals surface area contributed by atoms with Crippen molar-refractivity contribution in [2.24, 2.45) is 0 Å². The van der Waals surface area contributed by atoms with E-state index in [0.29, 0.717) is 5.56 Å². The minimum atomic E-state index is 0.0106. The molecule has 2 aromatic rings. The maximum atomic E-state index is 12.4.